The molecule has 0 heterocycles. The minimum Gasteiger partial charge on any atom is -0.287 e. The second-order valence-electron chi connectivity index (χ2n) is 2.58. The molecule has 0 saturated carbocycles. The summed E-state index contributed by atoms with van der Waals surface area (Å²) in [4.78, 5) is 0. The highest BCUT2D eigenvalue weighted by Gasteiger charge is 2.09. The summed E-state index contributed by atoms with van der Waals surface area (Å²) in [6, 6.07) is 0. The van der Waals surface area contributed by atoms with Gasteiger partial charge < -0.3 is 0 Å². The van der Waals surface area contributed by atoms with Crippen molar-refractivity contribution in [2.24, 2.45) is 0 Å². The van der Waals surface area contributed by atoms with Gasteiger partial charge in [0.15, 0.2) is 0 Å². The maximum absolute atomic E-state index is 11.3. The highest BCUT2D eigenvalue weighted by molar-refractivity contribution is 8.30. The highest BCUT2D eigenvalue weighted by Crippen LogP contribution is 2.04. The molecular formula is C7H16O2S2. The molecule has 0 saturated heterocycles. The fourth-order valence-corrected chi connectivity index (χ4v) is 2.75. The molecule has 0 N–H and O–H groups in total. The molecule has 1 unspecified atom stereocenters. The maximum Gasteiger partial charge on any atom is 0.144 e. The summed E-state index contributed by atoms with van der Waals surface area (Å²) in [5.74, 6) is 0.493. The van der Waals surface area contributed by atoms with Crippen molar-refractivity contribution >= 4 is 20.0 Å². The van der Waals surface area contributed by atoms with Gasteiger partial charge in [0.1, 0.15) is 8.77 Å². The lowest BCUT2D eigenvalue weighted by Gasteiger charge is -2.11. The molecule has 0 spiro atoms. The molecule has 0 aromatic carbocycles. The van der Waals surface area contributed by atoms with Gasteiger partial charge in [0.2, 0.25) is 0 Å². The predicted octanol–water partition coefficient (Wildman–Crippen LogP) is 1.87. The molecule has 0 rings (SSSR count). The highest BCUT2D eigenvalue weighted by atomic mass is 32.8. The van der Waals surface area contributed by atoms with Gasteiger partial charge in [0.25, 0.3) is 0 Å². The van der Waals surface area contributed by atoms with Gasteiger partial charge in [-0.15, -0.1) is 0 Å². The molecule has 0 aliphatic carbocycles. The van der Waals surface area contributed by atoms with Crippen molar-refractivity contribution in [2.45, 2.75) is 39.7 Å². The summed E-state index contributed by atoms with van der Waals surface area (Å²) in [6.45, 7) is 5.83. The van der Waals surface area contributed by atoms with Crippen LogP contribution in [0.1, 0.15) is 33.6 Å². The zero-order valence-corrected chi connectivity index (χ0v) is 8.96. The minimum absolute atomic E-state index is 0.0200. The van der Waals surface area contributed by atoms with Crippen molar-refractivity contribution in [1.29, 1.82) is 0 Å². The fourth-order valence-electron chi connectivity index (χ4n) is 0.616. The molecule has 0 aliphatic rings. The van der Waals surface area contributed by atoms with Gasteiger partial charge in [-0.1, -0.05) is 13.8 Å². The SMILES string of the molecule is CCCS(=O)(=S)O[C@H](C)CC. The summed E-state index contributed by atoms with van der Waals surface area (Å²) in [5, 5.41) is 0. The smallest absolute Gasteiger partial charge is 0.144 e. The van der Waals surface area contributed by atoms with Crippen LogP contribution in [0, 0.1) is 0 Å². The van der Waals surface area contributed by atoms with Crippen LogP contribution in [0.15, 0.2) is 0 Å². The summed E-state index contributed by atoms with van der Waals surface area (Å²) < 4.78 is 16.5. The van der Waals surface area contributed by atoms with Gasteiger partial charge in [-0.25, -0.2) is 4.21 Å². The molecule has 0 aromatic heterocycles. The molecule has 0 aromatic rings. The van der Waals surface area contributed by atoms with Crippen molar-refractivity contribution in [3.05, 3.63) is 0 Å². The zero-order valence-electron chi connectivity index (χ0n) is 7.33. The van der Waals surface area contributed by atoms with E-state index in [1.165, 1.54) is 0 Å². The van der Waals surface area contributed by atoms with E-state index in [2.05, 4.69) is 0 Å². The van der Waals surface area contributed by atoms with Crippen molar-refractivity contribution in [2.75, 3.05) is 5.75 Å². The van der Waals surface area contributed by atoms with Crippen LogP contribution in [0.2, 0.25) is 0 Å². The first-order valence-electron chi connectivity index (χ1n) is 3.92. The maximum atomic E-state index is 11.3. The average molecular weight is 196 g/mol. The molecule has 4 heteroatoms. The topological polar surface area (TPSA) is 26.3 Å². The van der Waals surface area contributed by atoms with Crippen LogP contribution >= 0.6 is 0 Å². The van der Waals surface area contributed by atoms with Gasteiger partial charge in [0, 0.05) is 16.9 Å². The summed E-state index contributed by atoms with van der Waals surface area (Å²) in [7, 11) is -2.41. The van der Waals surface area contributed by atoms with Crippen LogP contribution in [-0.4, -0.2) is 16.1 Å². The molecule has 2 nitrogen and oxygen atoms in total. The Morgan fingerprint density at radius 2 is 2.09 bits per heavy atom. The van der Waals surface area contributed by atoms with E-state index in [-0.39, 0.29) is 6.10 Å². The van der Waals surface area contributed by atoms with Gasteiger partial charge in [-0.2, -0.15) is 0 Å². The lowest BCUT2D eigenvalue weighted by molar-refractivity contribution is 0.241. The lowest BCUT2D eigenvalue weighted by atomic mass is 10.3. The number of hydrogen-bond donors (Lipinski definition) is 0. The monoisotopic (exact) mass is 196 g/mol. The molecule has 0 aliphatic heterocycles. The normalized spacial score (nSPS) is 19.2. The van der Waals surface area contributed by atoms with Crippen LogP contribution in [-0.2, 0) is 24.1 Å². The first kappa shape index (κ1) is 11.3. The Kier molecular flexibility index (Phi) is 5.21. The van der Waals surface area contributed by atoms with E-state index >= 15 is 0 Å². The predicted molar refractivity (Wildman–Crippen MR) is 51.5 cm³/mol. The number of hydrogen-bond acceptors (Lipinski definition) is 3. The molecule has 0 fully saturated rings. The van der Waals surface area contributed by atoms with Crippen LogP contribution < -0.4 is 0 Å². The summed E-state index contributed by atoms with van der Waals surface area (Å²) >= 11 is 4.79. The zero-order chi connectivity index (χ0) is 8.91. The lowest BCUT2D eigenvalue weighted by Crippen LogP contribution is -2.15. The second kappa shape index (κ2) is 5.06. The number of rotatable bonds is 5. The molecule has 0 radical (unpaired) electrons. The largest absolute Gasteiger partial charge is 0.287 e. The molecule has 0 bridgehead atoms. The van der Waals surface area contributed by atoms with Gasteiger partial charge in [0.05, 0.1) is 6.10 Å². The van der Waals surface area contributed by atoms with Crippen molar-refractivity contribution < 1.29 is 8.39 Å². The molecule has 0 amide bonds. The van der Waals surface area contributed by atoms with Crippen molar-refractivity contribution in [3.63, 3.8) is 0 Å². The fraction of sp³-hybridized carbons (Fsp3) is 1.00. The molecule has 2 atom stereocenters. The molecular weight excluding hydrogens is 180 g/mol. The third-order valence-electron chi connectivity index (χ3n) is 1.34. The van der Waals surface area contributed by atoms with E-state index in [0.717, 1.165) is 12.8 Å². The molecule has 68 valence electrons. The van der Waals surface area contributed by atoms with E-state index in [1.54, 1.807) is 0 Å². The van der Waals surface area contributed by atoms with E-state index < -0.39 is 8.77 Å². The van der Waals surface area contributed by atoms with Crippen LogP contribution in [0.3, 0.4) is 0 Å². The van der Waals surface area contributed by atoms with E-state index in [1.807, 2.05) is 20.8 Å². The Morgan fingerprint density at radius 3 is 2.45 bits per heavy atom. The minimum atomic E-state index is -2.41. The Morgan fingerprint density at radius 1 is 1.55 bits per heavy atom. The summed E-state index contributed by atoms with van der Waals surface area (Å²) in [5.41, 5.74) is 0. The third kappa shape index (κ3) is 5.58. The van der Waals surface area contributed by atoms with Crippen molar-refractivity contribution in [1.82, 2.24) is 0 Å². The Bertz CT molecular complexity index is 185. The first-order chi connectivity index (χ1) is 5.02. The van der Waals surface area contributed by atoms with Gasteiger partial charge >= 0.3 is 0 Å². The Labute approximate surface area is 74.2 Å². The first-order valence-corrected chi connectivity index (χ1v) is 6.50. The van der Waals surface area contributed by atoms with E-state index in [9.17, 15) is 4.21 Å². The third-order valence-corrected chi connectivity index (χ3v) is 3.61. The standard InChI is InChI=1S/C7H16O2S2/c1-4-6-11(8,10)9-7(3)5-2/h7H,4-6H2,1-3H3/t7-,11?/m1/s1. The van der Waals surface area contributed by atoms with Gasteiger partial charge in [-0.3, -0.25) is 4.18 Å². The second-order valence-corrected chi connectivity index (χ2v) is 5.82. The van der Waals surface area contributed by atoms with Gasteiger partial charge in [-0.05, 0) is 19.8 Å². The van der Waals surface area contributed by atoms with Crippen LogP contribution in [0.4, 0.5) is 0 Å². The Hall–Kier alpha value is 0.330. The Balaban J connectivity index is 3.92. The van der Waals surface area contributed by atoms with Crippen LogP contribution in [0.5, 0.6) is 0 Å². The van der Waals surface area contributed by atoms with E-state index in [0.29, 0.717) is 5.75 Å². The summed E-state index contributed by atoms with van der Waals surface area (Å²) in [6.07, 6.45) is 1.70. The molecule has 11 heavy (non-hydrogen) atoms. The quantitative estimate of drug-likeness (QED) is 0.671. The van der Waals surface area contributed by atoms with E-state index in [4.69, 9.17) is 15.4 Å². The average Bonchev–Trinajstić information content (AvgIpc) is 1.86. The van der Waals surface area contributed by atoms with Crippen molar-refractivity contribution in [3.8, 4) is 0 Å². The van der Waals surface area contributed by atoms with Crippen LogP contribution in [0.25, 0.3) is 0 Å².